The third-order valence-electron chi connectivity index (χ3n) is 1.54. The average molecular weight is 310 g/mol. The molecular formula is C11H10BrFeO2-. The van der Waals surface area contributed by atoms with Crippen molar-refractivity contribution < 1.29 is 27.3 Å². The van der Waals surface area contributed by atoms with Crippen LogP contribution in [-0.4, -0.2) is 10.2 Å². The van der Waals surface area contributed by atoms with Gasteiger partial charge in [-0.05, 0) is 12.2 Å². The second-order valence-corrected chi connectivity index (χ2v) is 3.52. The number of aliphatic hydroxyl groups excluding tert-OH is 1. The van der Waals surface area contributed by atoms with Crippen LogP contribution < -0.4 is 0 Å². The van der Waals surface area contributed by atoms with E-state index >= 15 is 0 Å². The van der Waals surface area contributed by atoms with Gasteiger partial charge in [-0.15, -0.1) is 15.9 Å². The van der Waals surface area contributed by atoms with Gasteiger partial charge in [-0.25, -0.2) is 12.1 Å². The summed E-state index contributed by atoms with van der Waals surface area (Å²) in [6, 6.07) is 7.98. The van der Waals surface area contributed by atoms with Gasteiger partial charge in [-0.3, -0.25) is 0 Å². The van der Waals surface area contributed by atoms with E-state index in [0.717, 1.165) is 4.47 Å². The molecule has 2 nitrogen and oxygen atoms in total. The molecule has 0 aromatic heterocycles. The van der Waals surface area contributed by atoms with Crippen molar-refractivity contribution in [3.05, 3.63) is 64.6 Å². The van der Waals surface area contributed by atoms with Crippen LogP contribution in [0.2, 0.25) is 0 Å². The van der Waals surface area contributed by atoms with Crippen molar-refractivity contribution in [3.63, 3.8) is 0 Å². The third kappa shape index (κ3) is 5.57. The molecular weight excluding hydrogens is 300 g/mol. The normalized spacial score (nSPS) is 11.7. The van der Waals surface area contributed by atoms with Crippen molar-refractivity contribution in [2.45, 2.75) is 0 Å². The first-order valence-electron chi connectivity index (χ1n) is 4.04. The molecule has 1 aliphatic carbocycles. The first kappa shape index (κ1) is 14.2. The second-order valence-electron chi connectivity index (χ2n) is 2.60. The van der Waals surface area contributed by atoms with Crippen molar-refractivity contribution in [3.8, 4) is 0 Å². The van der Waals surface area contributed by atoms with Gasteiger partial charge in [0.15, 0.2) is 0 Å². The van der Waals surface area contributed by atoms with Crippen molar-refractivity contribution >= 4 is 15.9 Å². The largest absolute Gasteiger partial charge is 0.481 e. The summed E-state index contributed by atoms with van der Waals surface area (Å²) in [6.45, 7) is 0. The molecule has 1 aromatic carbocycles. The zero-order valence-electron chi connectivity index (χ0n) is 7.74. The molecule has 0 atom stereocenters. The predicted molar refractivity (Wildman–Crippen MR) is 60.3 cm³/mol. The summed E-state index contributed by atoms with van der Waals surface area (Å²) < 4.78 is 1.16. The van der Waals surface area contributed by atoms with Crippen molar-refractivity contribution in [1.29, 1.82) is 0 Å². The van der Waals surface area contributed by atoms with Gasteiger partial charge in [0, 0.05) is 17.1 Å². The van der Waals surface area contributed by atoms with Crippen molar-refractivity contribution in [2.24, 2.45) is 0 Å². The molecule has 0 fully saturated rings. The Morgan fingerprint density at radius 2 is 1.53 bits per heavy atom. The van der Waals surface area contributed by atoms with Gasteiger partial charge in [0.1, 0.15) is 0 Å². The fraction of sp³-hybridized carbons (Fsp3) is 0. The summed E-state index contributed by atoms with van der Waals surface area (Å²) in [5, 5.41) is 16.8. The van der Waals surface area contributed by atoms with Gasteiger partial charge in [0.25, 0.3) is 5.95 Å². The van der Waals surface area contributed by atoms with E-state index in [-0.39, 0.29) is 17.1 Å². The molecule has 1 aromatic rings. The van der Waals surface area contributed by atoms with Crippen molar-refractivity contribution in [2.75, 3.05) is 0 Å². The Bertz CT molecular complexity index is 346. The number of aliphatic hydroxyl groups is 2. The predicted octanol–water partition coefficient (Wildman–Crippen LogP) is 3.61. The molecule has 4 heteroatoms. The summed E-state index contributed by atoms with van der Waals surface area (Å²) in [5.41, 5.74) is 0.463. The minimum Gasteiger partial charge on any atom is -0.481 e. The molecule has 0 saturated carbocycles. The molecule has 0 amide bonds. The van der Waals surface area contributed by atoms with Gasteiger partial charge in [-0.1, -0.05) is 16.6 Å². The quantitative estimate of drug-likeness (QED) is 0.437. The molecule has 0 aliphatic heterocycles. The average Bonchev–Trinajstić information content (AvgIpc) is 2.75. The Morgan fingerprint density at radius 1 is 1.07 bits per heavy atom. The van der Waals surface area contributed by atoms with E-state index in [1.165, 1.54) is 0 Å². The van der Waals surface area contributed by atoms with Crippen LogP contribution in [0.25, 0.3) is 0 Å². The molecule has 2 rings (SSSR count). The molecule has 82 valence electrons. The van der Waals surface area contributed by atoms with E-state index in [4.69, 9.17) is 10.2 Å². The minimum absolute atomic E-state index is 0. The Kier molecular flexibility index (Phi) is 7.05. The summed E-state index contributed by atoms with van der Waals surface area (Å²) in [7, 11) is 0. The molecule has 0 radical (unpaired) electrons. The van der Waals surface area contributed by atoms with E-state index in [2.05, 4.69) is 15.9 Å². The first-order chi connectivity index (χ1) is 6.70. The molecule has 2 N–H and O–H groups in total. The molecule has 0 bridgehead atoms. The zero-order chi connectivity index (χ0) is 10.4. The Balaban J connectivity index is 0.000000253. The van der Waals surface area contributed by atoms with Crippen LogP contribution in [-0.2, 0) is 17.1 Å². The maximum Gasteiger partial charge on any atom is 0.281 e. The van der Waals surface area contributed by atoms with Gasteiger partial charge < -0.3 is 10.2 Å². The second kappa shape index (κ2) is 7.46. The van der Waals surface area contributed by atoms with Crippen LogP contribution in [0.4, 0.5) is 0 Å². The maximum atomic E-state index is 8.38. The fourth-order valence-electron chi connectivity index (χ4n) is 0.874. The first-order valence-corrected chi connectivity index (χ1v) is 4.83. The number of hydrogen-bond donors (Lipinski definition) is 2. The zero-order valence-corrected chi connectivity index (χ0v) is 10.4. The molecule has 0 unspecified atom stereocenters. The Morgan fingerprint density at radius 3 is 1.73 bits per heavy atom. The summed E-state index contributed by atoms with van der Waals surface area (Å²) in [4.78, 5) is 0. The van der Waals surface area contributed by atoms with Gasteiger partial charge >= 0.3 is 0 Å². The fourth-order valence-corrected chi connectivity index (χ4v) is 1.18. The summed E-state index contributed by atoms with van der Waals surface area (Å²) >= 11 is 3.28. The van der Waals surface area contributed by atoms with Crippen LogP contribution >= 0.6 is 15.9 Å². The standard InChI is InChI=1S/C6H6O2.C5H4Br.Fe/c7-6(8)5-3-1-2-4-5;6-5-3-1-2-4-5;/h1-4,7-8H;1-4H;/q;-1;. The maximum absolute atomic E-state index is 8.38. The Hall–Kier alpha value is -0.831. The monoisotopic (exact) mass is 309 g/mol. The van der Waals surface area contributed by atoms with E-state index < -0.39 is 5.95 Å². The molecule has 15 heavy (non-hydrogen) atoms. The van der Waals surface area contributed by atoms with Crippen molar-refractivity contribution in [1.82, 2.24) is 0 Å². The Labute approximate surface area is 108 Å². The van der Waals surface area contributed by atoms with Gasteiger partial charge in [0.05, 0.1) is 5.57 Å². The number of allylic oxidation sites excluding steroid dienone is 5. The van der Waals surface area contributed by atoms with Crippen LogP contribution in [0.3, 0.4) is 0 Å². The number of rotatable bonds is 0. The van der Waals surface area contributed by atoms with E-state index in [0.29, 0.717) is 5.57 Å². The van der Waals surface area contributed by atoms with Gasteiger partial charge in [-0.2, -0.15) is 12.1 Å². The summed E-state index contributed by atoms with van der Waals surface area (Å²) in [6.07, 6.45) is 6.72. The van der Waals surface area contributed by atoms with E-state index in [1.807, 2.05) is 24.3 Å². The van der Waals surface area contributed by atoms with E-state index in [9.17, 15) is 0 Å². The third-order valence-corrected chi connectivity index (χ3v) is 2.07. The summed E-state index contributed by atoms with van der Waals surface area (Å²) in [5.74, 6) is -0.616. The van der Waals surface area contributed by atoms with E-state index in [1.54, 1.807) is 24.3 Å². The van der Waals surface area contributed by atoms with Crippen LogP contribution in [0.1, 0.15) is 0 Å². The molecule has 1 aliphatic rings. The SMILES string of the molecule is Br[c-]1cccc1.OC(O)=C1C=CC=C1.[Fe]. The van der Waals surface area contributed by atoms with Crippen LogP contribution in [0.15, 0.2) is 64.6 Å². The van der Waals surface area contributed by atoms with Gasteiger partial charge in [0.2, 0.25) is 0 Å². The minimum atomic E-state index is -0.616. The molecule has 0 saturated heterocycles. The van der Waals surface area contributed by atoms with Crippen LogP contribution in [0.5, 0.6) is 0 Å². The number of halogens is 1. The number of hydrogen-bond acceptors (Lipinski definition) is 2. The van der Waals surface area contributed by atoms with Crippen LogP contribution in [0, 0.1) is 0 Å². The smallest absolute Gasteiger partial charge is 0.281 e. The molecule has 0 spiro atoms. The topological polar surface area (TPSA) is 40.5 Å². The molecule has 0 heterocycles.